The van der Waals surface area contributed by atoms with Crippen molar-refractivity contribution in [3.63, 3.8) is 0 Å². The van der Waals surface area contributed by atoms with Gasteiger partial charge >= 0.3 is 0 Å². The first-order valence-corrected chi connectivity index (χ1v) is 7.51. The van der Waals surface area contributed by atoms with Crippen molar-refractivity contribution in [2.75, 3.05) is 11.1 Å². The van der Waals surface area contributed by atoms with E-state index < -0.39 is 0 Å². The van der Waals surface area contributed by atoms with E-state index in [1.807, 2.05) is 31.2 Å². The third-order valence-electron chi connectivity index (χ3n) is 3.15. The third-order valence-corrected chi connectivity index (χ3v) is 4.08. The second kappa shape index (κ2) is 6.52. The van der Waals surface area contributed by atoms with E-state index in [1.54, 1.807) is 0 Å². The van der Waals surface area contributed by atoms with Gasteiger partial charge in [-0.3, -0.25) is 4.79 Å². The summed E-state index contributed by atoms with van der Waals surface area (Å²) >= 11 is 1.52. The molecule has 0 saturated heterocycles. The number of nitrogen functional groups attached to an aromatic ring is 1. The summed E-state index contributed by atoms with van der Waals surface area (Å²) in [6.45, 7) is 4.09. The van der Waals surface area contributed by atoms with Crippen molar-refractivity contribution in [2.45, 2.75) is 33.1 Å². The Morgan fingerprint density at radius 1 is 1.40 bits per heavy atom. The Hall–Kier alpha value is -1.88. The fraction of sp³-hybridized carbons (Fsp3) is 0.333. The highest BCUT2D eigenvalue weighted by molar-refractivity contribution is 7.15. The fourth-order valence-electron chi connectivity index (χ4n) is 2.00. The van der Waals surface area contributed by atoms with Crippen molar-refractivity contribution in [2.24, 2.45) is 0 Å². The van der Waals surface area contributed by atoms with E-state index in [0.29, 0.717) is 18.0 Å². The van der Waals surface area contributed by atoms with Crippen LogP contribution in [0.25, 0.3) is 0 Å². The molecule has 0 fully saturated rings. The second-order valence-electron chi connectivity index (χ2n) is 4.62. The largest absolute Gasteiger partial charge is 0.399 e. The average Bonchev–Trinajstić information content (AvgIpc) is 2.77. The van der Waals surface area contributed by atoms with Crippen LogP contribution in [-0.2, 0) is 17.6 Å². The fourth-order valence-corrected chi connectivity index (χ4v) is 2.92. The maximum Gasteiger partial charge on any atom is 0.226 e. The van der Waals surface area contributed by atoms with Crippen molar-refractivity contribution < 1.29 is 4.79 Å². The van der Waals surface area contributed by atoms with E-state index in [9.17, 15) is 4.79 Å². The van der Waals surface area contributed by atoms with Gasteiger partial charge in [0.25, 0.3) is 0 Å². The molecule has 1 aromatic carbocycles. The number of aryl methyl sites for hydroxylation is 3. The summed E-state index contributed by atoms with van der Waals surface area (Å²) in [4.78, 5) is 17.5. The van der Waals surface area contributed by atoms with Gasteiger partial charge in [0, 0.05) is 17.0 Å². The first-order valence-electron chi connectivity index (χ1n) is 6.69. The molecule has 5 heteroatoms. The SMILES string of the molecule is CCc1nc(NC(=O)CCc2ccccc2N)sc1C. The molecule has 2 rings (SSSR count). The molecule has 3 N–H and O–H groups in total. The molecule has 0 aliphatic carbocycles. The lowest BCUT2D eigenvalue weighted by Crippen LogP contribution is -2.12. The number of carbonyl (C=O) groups is 1. The number of hydrogen-bond acceptors (Lipinski definition) is 4. The predicted molar refractivity (Wildman–Crippen MR) is 84.0 cm³/mol. The Kier molecular flexibility index (Phi) is 4.74. The molecule has 0 atom stereocenters. The minimum absolute atomic E-state index is 0.0235. The van der Waals surface area contributed by atoms with Crippen molar-refractivity contribution >= 4 is 28.1 Å². The number of carbonyl (C=O) groups excluding carboxylic acids is 1. The molecule has 0 aliphatic rings. The van der Waals surface area contributed by atoms with Gasteiger partial charge in [-0.05, 0) is 31.4 Å². The lowest BCUT2D eigenvalue weighted by molar-refractivity contribution is -0.116. The van der Waals surface area contributed by atoms with E-state index in [0.717, 1.165) is 28.2 Å². The lowest BCUT2D eigenvalue weighted by atomic mass is 10.1. The predicted octanol–water partition coefficient (Wildman–Crippen LogP) is 3.17. The first-order chi connectivity index (χ1) is 9.60. The van der Waals surface area contributed by atoms with Crippen LogP contribution in [0.5, 0.6) is 0 Å². The zero-order valence-electron chi connectivity index (χ0n) is 11.8. The molecule has 0 bridgehead atoms. The Bertz CT molecular complexity index is 607. The van der Waals surface area contributed by atoms with E-state index in [2.05, 4.69) is 17.2 Å². The highest BCUT2D eigenvalue weighted by Crippen LogP contribution is 2.22. The lowest BCUT2D eigenvalue weighted by Gasteiger charge is -2.05. The number of nitrogens with two attached hydrogens (primary N) is 1. The van der Waals surface area contributed by atoms with Gasteiger partial charge in [-0.25, -0.2) is 4.98 Å². The molecule has 0 unspecified atom stereocenters. The van der Waals surface area contributed by atoms with E-state index >= 15 is 0 Å². The maximum absolute atomic E-state index is 11.9. The number of rotatable bonds is 5. The molecule has 1 aromatic heterocycles. The summed E-state index contributed by atoms with van der Waals surface area (Å²) in [5.74, 6) is -0.0235. The van der Waals surface area contributed by atoms with Crippen LogP contribution in [0, 0.1) is 6.92 Å². The van der Waals surface area contributed by atoms with Crippen LogP contribution in [0.2, 0.25) is 0 Å². The summed E-state index contributed by atoms with van der Waals surface area (Å²) < 4.78 is 0. The Balaban J connectivity index is 1.91. The number of benzene rings is 1. The van der Waals surface area contributed by atoms with E-state index in [-0.39, 0.29) is 5.91 Å². The number of thiazole rings is 1. The minimum Gasteiger partial charge on any atom is -0.399 e. The Labute approximate surface area is 123 Å². The summed E-state index contributed by atoms with van der Waals surface area (Å²) in [7, 11) is 0. The van der Waals surface area contributed by atoms with Crippen LogP contribution >= 0.6 is 11.3 Å². The molecule has 1 heterocycles. The van der Waals surface area contributed by atoms with Crippen molar-refractivity contribution in [3.05, 3.63) is 40.4 Å². The monoisotopic (exact) mass is 289 g/mol. The van der Waals surface area contributed by atoms with E-state index in [1.165, 1.54) is 11.3 Å². The topological polar surface area (TPSA) is 68.0 Å². The number of anilines is 2. The van der Waals surface area contributed by atoms with Gasteiger partial charge in [0.2, 0.25) is 5.91 Å². The van der Waals surface area contributed by atoms with Crippen molar-refractivity contribution in [1.82, 2.24) is 4.98 Å². The number of para-hydroxylation sites is 1. The van der Waals surface area contributed by atoms with E-state index in [4.69, 9.17) is 5.73 Å². The second-order valence-corrected chi connectivity index (χ2v) is 5.83. The van der Waals surface area contributed by atoms with Crippen LogP contribution < -0.4 is 11.1 Å². The van der Waals surface area contributed by atoms with Gasteiger partial charge < -0.3 is 11.1 Å². The molecule has 0 spiro atoms. The molecule has 0 saturated carbocycles. The Morgan fingerprint density at radius 2 is 2.15 bits per heavy atom. The molecule has 0 radical (unpaired) electrons. The van der Waals surface area contributed by atoms with Gasteiger partial charge in [-0.15, -0.1) is 11.3 Å². The molecule has 106 valence electrons. The van der Waals surface area contributed by atoms with Gasteiger partial charge in [0.15, 0.2) is 5.13 Å². The number of hydrogen-bond donors (Lipinski definition) is 2. The number of nitrogens with one attached hydrogen (secondary N) is 1. The molecule has 4 nitrogen and oxygen atoms in total. The standard InChI is InChI=1S/C15H19N3OS/c1-3-13-10(2)20-15(17-13)18-14(19)9-8-11-6-4-5-7-12(11)16/h4-7H,3,8-9,16H2,1-2H3,(H,17,18,19). The van der Waals surface area contributed by atoms with Gasteiger partial charge in [-0.2, -0.15) is 0 Å². The number of nitrogens with zero attached hydrogens (tertiary/aromatic N) is 1. The van der Waals surface area contributed by atoms with Crippen LogP contribution in [0.3, 0.4) is 0 Å². The number of aromatic nitrogens is 1. The smallest absolute Gasteiger partial charge is 0.226 e. The number of amides is 1. The van der Waals surface area contributed by atoms with Crippen molar-refractivity contribution in [3.8, 4) is 0 Å². The van der Waals surface area contributed by atoms with Crippen LogP contribution in [-0.4, -0.2) is 10.9 Å². The summed E-state index contributed by atoms with van der Waals surface area (Å²) in [5.41, 5.74) is 8.65. The summed E-state index contributed by atoms with van der Waals surface area (Å²) in [6.07, 6.45) is 1.94. The summed E-state index contributed by atoms with van der Waals surface area (Å²) in [5, 5.41) is 3.54. The highest BCUT2D eigenvalue weighted by Gasteiger charge is 2.09. The van der Waals surface area contributed by atoms with Crippen molar-refractivity contribution in [1.29, 1.82) is 0 Å². The zero-order valence-corrected chi connectivity index (χ0v) is 12.6. The van der Waals surface area contributed by atoms with Gasteiger partial charge in [0.05, 0.1) is 5.69 Å². The molecule has 1 amide bonds. The third kappa shape index (κ3) is 3.57. The van der Waals surface area contributed by atoms with Crippen LogP contribution in [0.1, 0.15) is 29.5 Å². The quantitative estimate of drug-likeness (QED) is 0.831. The normalized spacial score (nSPS) is 10.5. The molecule has 2 aromatic rings. The Morgan fingerprint density at radius 3 is 2.80 bits per heavy atom. The molecule has 0 aliphatic heterocycles. The molecule has 20 heavy (non-hydrogen) atoms. The van der Waals surface area contributed by atoms with Crippen LogP contribution in [0.4, 0.5) is 10.8 Å². The molecular formula is C15H19N3OS. The highest BCUT2D eigenvalue weighted by atomic mass is 32.1. The zero-order chi connectivity index (χ0) is 14.5. The molecular weight excluding hydrogens is 270 g/mol. The van der Waals surface area contributed by atoms with Gasteiger partial charge in [-0.1, -0.05) is 25.1 Å². The summed E-state index contributed by atoms with van der Waals surface area (Å²) in [6, 6.07) is 7.63. The minimum atomic E-state index is -0.0235. The first kappa shape index (κ1) is 14.5. The maximum atomic E-state index is 11.9. The van der Waals surface area contributed by atoms with Crippen LogP contribution in [0.15, 0.2) is 24.3 Å². The van der Waals surface area contributed by atoms with Gasteiger partial charge in [0.1, 0.15) is 0 Å². The average molecular weight is 289 g/mol.